The Morgan fingerprint density at radius 2 is 2.30 bits per heavy atom. The van der Waals surface area contributed by atoms with Gasteiger partial charge >= 0.3 is 5.97 Å². The van der Waals surface area contributed by atoms with E-state index in [9.17, 15) is 14.7 Å². The molecular weight excluding hydrogens is 322 g/mol. The smallest absolute Gasteiger partial charge is 0.305 e. The second-order valence-corrected chi connectivity index (χ2v) is 5.76. The molecule has 1 fully saturated rings. The van der Waals surface area contributed by atoms with Crippen LogP contribution in [0.2, 0.25) is 0 Å². The van der Waals surface area contributed by atoms with Gasteiger partial charge in [0.25, 0.3) is 0 Å². The van der Waals surface area contributed by atoms with Crippen molar-refractivity contribution >= 4 is 35.0 Å². The monoisotopic (exact) mass is 337 g/mol. The zero-order valence-corrected chi connectivity index (χ0v) is 13.0. The Morgan fingerprint density at radius 1 is 1.52 bits per heavy atom. The van der Waals surface area contributed by atoms with Gasteiger partial charge in [0.2, 0.25) is 5.91 Å². The van der Waals surface area contributed by atoms with E-state index < -0.39 is 17.1 Å². The number of aliphatic hydroxyl groups excluding tert-OH is 1. The molecule has 1 aromatic carbocycles. The summed E-state index contributed by atoms with van der Waals surface area (Å²) in [6.07, 6.45) is 1.19. The molecule has 2 rings (SSSR count). The largest absolute Gasteiger partial charge is 0.496 e. The van der Waals surface area contributed by atoms with Crippen LogP contribution in [-0.4, -0.2) is 45.8 Å². The average Bonchev–Trinajstić information content (AvgIpc) is 2.86. The van der Waals surface area contributed by atoms with Crippen molar-refractivity contribution in [3.05, 3.63) is 29.3 Å². The zero-order chi connectivity index (χ0) is 16.8. The average molecular weight is 337 g/mol. The lowest BCUT2D eigenvalue weighted by Crippen LogP contribution is -2.26. The lowest BCUT2D eigenvalue weighted by molar-refractivity contribution is -0.138. The first-order chi connectivity index (χ1) is 11.0. The van der Waals surface area contributed by atoms with Gasteiger partial charge < -0.3 is 20.3 Å². The summed E-state index contributed by atoms with van der Waals surface area (Å²) in [5.41, 5.74) is 1.32. The maximum atomic E-state index is 11.5. The number of amides is 1. The van der Waals surface area contributed by atoms with Crippen LogP contribution in [0.3, 0.4) is 0 Å². The predicted molar refractivity (Wildman–Crippen MR) is 85.7 cm³/mol. The topological polar surface area (TPSA) is 121 Å². The number of aliphatic carboxylic acids is 1. The van der Waals surface area contributed by atoms with E-state index in [4.69, 9.17) is 9.84 Å². The Morgan fingerprint density at radius 3 is 2.96 bits per heavy atom. The van der Waals surface area contributed by atoms with Gasteiger partial charge in [-0.15, -0.1) is 5.10 Å². The summed E-state index contributed by atoms with van der Waals surface area (Å²) in [5.74, 6) is -0.860. The molecule has 1 aliphatic heterocycles. The van der Waals surface area contributed by atoms with E-state index >= 15 is 0 Å². The molecule has 1 atom stereocenters. The molecule has 23 heavy (non-hydrogen) atoms. The van der Waals surface area contributed by atoms with Gasteiger partial charge in [0, 0.05) is 5.56 Å². The lowest BCUT2D eigenvalue weighted by atomic mass is 10.1. The van der Waals surface area contributed by atoms with Crippen LogP contribution in [0.1, 0.15) is 17.5 Å². The van der Waals surface area contributed by atoms with Crippen LogP contribution in [0.5, 0.6) is 5.75 Å². The maximum absolute atomic E-state index is 11.5. The number of carboxylic acids is 1. The van der Waals surface area contributed by atoms with Crippen LogP contribution < -0.4 is 10.1 Å². The van der Waals surface area contributed by atoms with Crippen molar-refractivity contribution in [3.8, 4) is 5.75 Å². The Bertz CT molecular complexity index is 674. The van der Waals surface area contributed by atoms with Gasteiger partial charge in [0.15, 0.2) is 5.17 Å². The summed E-state index contributed by atoms with van der Waals surface area (Å²) in [5, 5.41) is 27.7. The third-order valence-electron chi connectivity index (χ3n) is 2.97. The molecule has 1 aliphatic rings. The Labute approximate surface area is 136 Å². The van der Waals surface area contributed by atoms with Gasteiger partial charge in [-0.05, 0) is 23.8 Å². The minimum atomic E-state index is -1.04. The van der Waals surface area contributed by atoms with Crippen molar-refractivity contribution in [2.75, 3.05) is 7.11 Å². The van der Waals surface area contributed by atoms with Gasteiger partial charge in [-0.25, -0.2) is 0 Å². The number of ether oxygens (including phenoxy) is 1. The number of nitrogens with one attached hydrogen (secondary N) is 1. The molecule has 0 radical (unpaired) electrons. The molecule has 0 bridgehead atoms. The molecular formula is C14H15N3O5S. The number of methoxy groups -OCH3 is 1. The summed E-state index contributed by atoms with van der Waals surface area (Å²) in [6.45, 7) is -0.165. The van der Waals surface area contributed by atoms with Crippen LogP contribution in [0.4, 0.5) is 0 Å². The van der Waals surface area contributed by atoms with Crippen LogP contribution in [0.25, 0.3) is 0 Å². The standard InChI is InChI=1S/C14H15N3O5S/c1-22-10-3-2-8(4-9(10)7-18)6-15-17-14-16-13(21)11(23-14)5-12(19)20/h2-4,6,11,18H,5,7H2,1H3,(H,19,20)(H,16,17,21). The normalized spacial score (nSPS) is 19.3. The van der Waals surface area contributed by atoms with Gasteiger partial charge in [-0.3, -0.25) is 9.59 Å². The van der Waals surface area contributed by atoms with Gasteiger partial charge in [0.05, 0.1) is 26.4 Å². The second kappa shape index (κ2) is 7.75. The molecule has 1 unspecified atom stereocenters. The SMILES string of the molecule is COc1ccc(C=NN=C2NC(=O)C(CC(=O)O)S2)cc1CO. The van der Waals surface area contributed by atoms with Crippen LogP contribution in [0, 0.1) is 0 Å². The highest BCUT2D eigenvalue weighted by molar-refractivity contribution is 8.15. The van der Waals surface area contributed by atoms with Crippen LogP contribution in [0.15, 0.2) is 28.4 Å². The van der Waals surface area contributed by atoms with E-state index in [1.807, 2.05) is 0 Å². The fourth-order valence-electron chi connectivity index (χ4n) is 1.90. The Hall–Kier alpha value is -2.39. The highest BCUT2D eigenvalue weighted by Gasteiger charge is 2.32. The van der Waals surface area contributed by atoms with E-state index in [0.29, 0.717) is 16.9 Å². The minimum absolute atomic E-state index is 0.165. The molecule has 1 heterocycles. The first kappa shape index (κ1) is 17.0. The van der Waals surface area contributed by atoms with Gasteiger partial charge in [0.1, 0.15) is 11.0 Å². The van der Waals surface area contributed by atoms with E-state index in [1.165, 1.54) is 13.3 Å². The Balaban J connectivity index is 2.04. The Kier molecular flexibility index (Phi) is 5.72. The number of rotatable bonds is 6. The number of amidine groups is 1. The van der Waals surface area contributed by atoms with E-state index in [1.54, 1.807) is 18.2 Å². The summed E-state index contributed by atoms with van der Waals surface area (Å²) < 4.78 is 5.10. The number of carbonyl (C=O) groups is 2. The minimum Gasteiger partial charge on any atom is -0.496 e. The number of thioether (sulfide) groups is 1. The molecule has 3 N–H and O–H groups in total. The summed E-state index contributed by atoms with van der Waals surface area (Å²) >= 11 is 1.03. The van der Waals surface area contributed by atoms with Crippen molar-refractivity contribution < 1.29 is 24.5 Å². The molecule has 0 saturated carbocycles. The van der Waals surface area contributed by atoms with Crippen molar-refractivity contribution in [1.82, 2.24) is 5.32 Å². The molecule has 1 saturated heterocycles. The van der Waals surface area contributed by atoms with Crippen molar-refractivity contribution in [2.24, 2.45) is 10.2 Å². The lowest BCUT2D eigenvalue weighted by Gasteiger charge is -2.06. The second-order valence-electron chi connectivity index (χ2n) is 4.57. The van der Waals surface area contributed by atoms with Crippen LogP contribution in [-0.2, 0) is 16.2 Å². The van der Waals surface area contributed by atoms with Crippen molar-refractivity contribution in [1.29, 1.82) is 0 Å². The molecule has 9 heteroatoms. The molecule has 0 aromatic heterocycles. The van der Waals surface area contributed by atoms with Gasteiger partial charge in [-0.1, -0.05) is 11.8 Å². The van der Waals surface area contributed by atoms with Crippen molar-refractivity contribution in [3.63, 3.8) is 0 Å². The highest BCUT2D eigenvalue weighted by atomic mass is 32.2. The summed E-state index contributed by atoms with van der Waals surface area (Å²) in [4.78, 5) is 22.2. The summed E-state index contributed by atoms with van der Waals surface area (Å²) in [7, 11) is 1.52. The van der Waals surface area contributed by atoms with Gasteiger partial charge in [-0.2, -0.15) is 5.10 Å². The summed E-state index contributed by atoms with van der Waals surface area (Å²) in [6, 6.07) is 5.15. The molecule has 122 valence electrons. The quantitative estimate of drug-likeness (QED) is 0.516. The number of carboxylic acid groups (broad SMARTS) is 1. The molecule has 8 nitrogen and oxygen atoms in total. The molecule has 0 spiro atoms. The number of hydrogen-bond donors (Lipinski definition) is 3. The molecule has 1 amide bonds. The van der Waals surface area contributed by atoms with E-state index in [-0.39, 0.29) is 18.2 Å². The fourth-order valence-corrected chi connectivity index (χ4v) is 2.81. The van der Waals surface area contributed by atoms with E-state index in [0.717, 1.165) is 11.8 Å². The molecule has 0 aliphatic carbocycles. The number of benzene rings is 1. The van der Waals surface area contributed by atoms with Crippen LogP contribution >= 0.6 is 11.8 Å². The van der Waals surface area contributed by atoms with Crippen molar-refractivity contribution in [2.45, 2.75) is 18.3 Å². The first-order valence-electron chi connectivity index (χ1n) is 6.61. The first-order valence-corrected chi connectivity index (χ1v) is 7.49. The highest BCUT2D eigenvalue weighted by Crippen LogP contribution is 2.22. The number of aliphatic hydroxyl groups is 1. The maximum Gasteiger partial charge on any atom is 0.305 e. The third-order valence-corrected chi connectivity index (χ3v) is 4.04. The number of carbonyl (C=O) groups excluding carboxylic acids is 1. The molecule has 1 aromatic rings. The zero-order valence-electron chi connectivity index (χ0n) is 12.2. The fraction of sp³-hybridized carbons (Fsp3) is 0.286. The van der Waals surface area contributed by atoms with E-state index in [2.05, 4.69) is 15.5 Å². The number of nitrogens with zero attached hydrogens (tertiary/aromatic N) is 2. The predicted octanol–water partition coefficient (Wildman–Crippen LogP) is 0.584. The third kappa shape index (κ3) is 4.54. The number of hydrogen-bond acceptors (Lipinski definition) is 7.